The summed E-state index contributed by atoms with van der Waals surface area (Å²) < 4.78 is 15.8. The molecule has 0 N–H and O–H groups in total. The van der Waals surface area contributed by atoms with Crippen molar-refractivity contribution in [3.05, 3.63) is 53.6 Å². The number of para-hydroxylation sites is 1. The molecule has 31 heavy (non-hydrogen) atoms. The van der Waals surface area contributed by atoms with E-state index in [0.29, 0.717) is 23.0 Å². The Morgan fingerprint density at radius 3 is 2.74 bits per heavy atom. The molecule has 7 heteroatoms. The Hall–Kier alpha value is -3.35. The minimum Gasteiger partial charge on any atom is -0.457 e. The van der Waals surface area contributed by atoms with Crippen LogP contribution in [0.3, 0.4) is 0 Å². The number of anilines is 1. The van der Waals surface area contributed by atoms with Crippen molar-refractivity contribution in [3.63, 3.8) is 0 Å². The molecule has 162 valence electrons. The van der Waals surface area contributed by atoms with Crippen molar-refractivity contribution in [1.29, 1.82) is 0 Å². The lowest BCUT2D eigenvalue weighted by atomic mass is 9.96. The number of hydrogen-bond donors (Lipinski definition) is 0. The summed E-state index contributed by atoms with van der Waals surface area (Å²) in [5.74, 6) is -0.206. The van der Waals surface area contributed by atoms with Gasteiger partial charge in [-0.15, -0.1) is 0 Å². The van der Waals surface area contributed by atoms with E-state index in [1.54, 1.807) is 23.1 Å². The monoisotopic (exact) mass is 423 g/mol. The zero-order valence-electron chi connectivity index (χ0n) is 17.6. The Bertz CT molecular complexity index is 1020. The van der Waals surface area contributed by atoms with Gasteiger partial charge in [-0.25, -0.2) is 0 Å². The smallest absolute Gasteiger partial charge is 0.311 e. The SMILES string of the molecule is CC[C@@H](C)c1ccccc1N1C[C@H](C(=O)OCC(=O)c2ccc3c(c2)OCO3)CC1=O. The molecule has 0 saturated carbocycles. The maximum absolute atomic E-state index is 12.6. The number of Topliss-reactive ketones (excluding diaryl/α,β-unsaturated/α-hetero) is 1. The molecule has 4 rings (SSSR count). The van der Waals surface area contributed by atoms with Gasteiger partial charge in [0.15, 0.2) is 23.9 Å². The molecule has 0 bridgehead atoms. The van der Waals surface area contributed by atoms with Crippen molar-refractivity contribution in [2.45, 2.75) is 32.6 Å². The third-order valence-electron chi connectivity index (χ3n) is 5.87. The molecule has 2 aromatic carbocycles. The number of fused-ring (bicyclic) bond motifs is 1. The lowest BCUT2D eigenvalue weighted by Gasteiger charge is -2.23. The third kappa shape index (κ3) is 4.26. The first kappa shape index (κ1) is 20.9. The highest BCUT2D eigenvalue weighted by molar-refractivity contribution is 6.01. The Kier molecular flexibility index (Phi) is 5.93. The maximum Gasteiger partial charge on any atom is 0.311 e. The fraction of sp³-hybridized carbons (Fsp3) is 0.375. The van der Waals surface area contributed by atoms with Crippen molar-refractivity contribution in [2.75, 3.05) is 24.8 Å². The van der Waals surface area contributed by atoms with Gasteiger partial charge in [0.1, 0.15) is 0 Å². The molecule has 1 saturated heterocycles. The van der Waals surface area contributed by atoms with Gasteiger partial charge in [0.25, 0.3) is 0 Å². The molecule has 1 amide bonds. The Morgan fingerprint density at radius 1 is 1.16 bits per heavy atom. The average molecular weight is 423 g/mol. The fourth-order valence-corrected chi connectivity index (χ4v) is 3.88. The van der Waals surface area contributed by atoms with Crippen molar-refractivity contribution in [3.8, 4) is 11.5 Å². The predicted molar refractivity (Wildman–Crippen MR) is 113 cm³/mol. The number of amides is 1. The van der Waals surface area contributed by atoms with Gasteiger partial charge in [0.2, 0.25) is 12.7 Å². The van der Waals surface area contributed by atoms with Crippen molar-refractivity contribution < 1.29 is 28.6 Å². The fourth-order valence-electron chi connectivity index (χ4n) is 3.88. The molecule has 0 aromatic heterocycles. The first-order valence-electron chi connectivity index (χ1n) is 10.5. The van der Waals surface area contributed by atoms with Crippen LogP contribution in [0.1, 0.15) is 48.5 Å². The molecule has 0 spiro atoms. The van der Waals surface area contributed by atoms with Gasteiger partial charge in [-0.3, -0.25) is 14.4 Å². The second-order valence-corrected chi connectivity index (χ2v) is 7.87. The minimum atomic E-state index is -0.595. The van der Waals surface area contributed by atoms with Gasteiger partial charge in [0, 0.05) is 24.2 Å². The number of benzene rings is 2. The van der Waals surface area contributed by atoms with Gasteiger partial charge in [-0.1, -0.05) is 32.0 Å². The van der Waals surface area contributed by atoms with E-state index in [4.69, 9.17) is 14.2 Å². The van der Waals surface area contributed by atoms with Crippen molar-refractivity contribution >= 4 is 23.3 Å². The van der Waals surface area contributed by atoms with Gasteiger partial charge < -0.3 is 19.1 Å². The van der Waals surface area contributed by atoms with Crippen LogP contribution in [-0.2, 0) is 14.3 Å². The van der Waals surface area contributed by atoms with Crippen LogP contribution in [0.2, 0.25) is 0 Å². The highest BCUT2D eigenvalue weighted by atomic mass is 16.7. The number of carbonyl (C=O) groups is 3. The van der Waals surface area contributed by atoms with E-state index >= 15 is 0 Å². The molecule has 0 radical (unpaired) electrons. The molecule has 7 nitrogen and oxygen atoms in total. The van der Waals surface area contributed by atoms with E-state index in [-0.39, 0.29) is 38.1 Å². The molecule has 2 heterocycles. The third-order valence-corrected chi connectivity index (χ3v) is 5.87. The number of rotatable bonds is 7. The largest absolute Gasteiger partial charge is 0.457 e. The van der Waals surface area contributed by atoms with E-state index in [9.17, 15) is 14.4 Å². The van der Waals surface area contributed by atoms with Crippen molar-refractivity contribution in [2.24, 2.45) is 5.92 Å². The van der Waals surface area contributed by atoms with E-state index < -0.39 is 11.9 Å². The van der Waals surface area contributed by atoms with Crippen molar-refractivity contribution in [1.82, 2.24) is 0 Å². The first-order valence-corrected chi connectivity index (χ1v) is 10.5. The summed E-state index contributed by atoms with van der Waals surface area (Å²) in [7, 11) is 0. The minimum absolute atomic E-state index is 0.0753. The van der Waals surface area contributed by atoms with Gasteiger partial charge in [0.05, 0.1) is 5.92 Å². The average Bonchev–Trinajstić information content (AvgIpc) is 3.42. The molecule has 2 aliphatic rings. The zero-order valence-corrected chi connectivity index (χ0v) is 17.6. The maximum atomic E-state index is 12.6. The van der Waals surface area contributed by atoms with Crippen LogP contribution in [0.5, 0.6) is 11.5 Å². The predicted octanol–water partition coefficient (Wildman–Crippen LogP) is 3.71. The highest BCUT2D eigenvalue weighted by Crippen LogP contribution is 2.34. The number of nitrogens with zero attached hydrogens (tertiary/aromatic N) is 1. The summed E-state index contributed by atoms with van der Waals surface area (Å²) in [4.78, 5) is 39.3. The molecule has 2 atom stereocenters. The number of esters is 1. The Balaban J connectivity index is 1.38. The Labute approximate surface area is 180 Å². The molecule has 1 fully saturated rings. The van der Waals surface area contributed by atoms with Crippen LogP contribution in [-0.4, -0.2) is 37.6 Å². The molecule has 0 aliphatic carbocycles. The van der Waals surface area contributed by atoms with Crippen LogP contribution < -0.4 is 14.4 Å². The number of hydrogen-bond acceptors (Lipinski definition) is 6. The summed E-state index contributed by atoms with van der Waals surface area (Å²) >= 11 is 0. The van der Waals surface area contributed by atoms with Crippen LogP contribution >= 0.6 is 0 Å². The number of ketones is 1. The van der Waals surface area contributed by atoms with E-state index in [2.05, 4.69) is 13.8 Å². The van der Waals surface area contributed by atoms with Gasteiger partial charge in [-0.05, 0) is 42.2 Å². The molecular formula is C24H25NO6. The summed E-state index contributed by atoms with van der Waals surface area (Å²) in [6, 6.07) is 12.6. The van der Waals surface area contributed by atoms with E-state index in [0.717, 1.165) is 17.7 Å². The van der Waals surface area contributed by atoms with Crippen LogP contribution in [0.15, 0.2) is 42.5 Å². The van der Waals surface area contributed by atoms with Crippen LogP contribution in [0.25, 0.3) is 0 Å². The second-order valence-electron chi connectivity index (χ2n) is 7.87. The molecular weight excluding hydrogens is 398 g/mol. The summed E-state index contributed by atoms with van der Waals surface area (Å²) in [5.41, 5.74) is 2.31. The zero-order chi connectivity index (χ0) is 22.0. The van der Waals surface area contributed by atoms with Gasteiger partial charge in [-0.2, -0.15) is 0 Å². The lowest BCUT2D eigenvalue weighted by Crippen LogP contribution is -2.28. The summed E-state index contributed by atoms with van der Waals surface area (Å²) in [5, 5.41) is 0. The number of carbonyl (C=O) groups excluding carboxylic acids is 3. The summed E-state index contributed by atoms with van der Waals surface area (Å²) in [6.45, 7) is 4.21. The first-order chi connectivity index (χ1) is 15.0. The standard InChI is InChI=1S/C24H25NO6/c1-3-15(2)18-6-4-5-7-19(18)25-12-17(11-23(25)27)24(28)29-13-20(26)16-8-9-21-22(10-16)31-14-30-21/h4-10,15,17H,3,11-14H2,1-2H3/t15-,17-/m1/s1. The topological polar surface area (TPSA) is 82.1 Å². The lowest BCUT2D eigenvalue weighted by molar-refractivity contribution is -0.147. The van der Waals surface area contributed by atoms with Crippen LogP contribution in [0.4, 0.5) is 5.69 Å². The molecule has 0 unspecified atom stereocenters. The van der Waals surface area contributed by atoms with E-state index in [1.807, 2.05) is 24.3 Å². The number of ether oxygens (including phenoxy) is 3. The van der Waals surface area contributed by atoms with Gasteiger partial charge >= 0.3 is 5.97 Å². The normalized spacial score (nSPS) is 18.2. The summed E-state index contributed by atoms with van der Waals surface area (Å²) in [6.07, 6.45) is 1.03. The highest BCUT2D eigenvalue weighted by Gasteiger charge is 2.37. The van der Waals surface area contributed by atoms with E-state index in [1.165, 1.54) is 0 Å². The molecule has 2 aliphatic heterocycles. The van der Waals surface area contributed by atoms with Crippen LogP contribution in [0, 0.1) is 5.92 Å². The Morgan fingerprint density at radius 2 is 1.94 bits per heavy atom. The quantitative estimate of drug-likeness (QED) is 0.499. The molecule has 2 aromatic rings. The second kappa shape index (κ2) is 8.79.